The standard InChI is InChI=1S/C14H10ClFO2/c1-8-6-9(2-5-13(8)16)12-7-10(15)3-4-11(12)14(17)18/h2-7H,1H3,(H,17,18). The van der Waals surface area contributed by atoms with Gasteiger partial charge in [-0.15, -0.1) is 0 Å². The molecule has 0 spiro atoms. The van der Waals surface area contributed by atoms with Gasteiger partial charge in [0, 0.05) is 5.02 Å². The van der Waals surface area contributed by atoms with Gasteiger partial charge in [-0.1, -0.05) is 17.7 Å². The highest BCUT2D eigenvalue weighted by atomic mass is 35.5. The van der Waals surface area contributed by atoms with Gasteiger partial charge in [-0.05, 0) is 53.9 Å². The van der Waals surface area contributed by atoms with Crippen LogP contribution in [0.25, 0.3) is 11.1 Å². The molecule has 2 nitrogen and oxygen atoms in total. The van der Waals surface area contributed by atoms with Gasteiger partial charge in [-0.2, -0.15) is 0 Å². The van der Waals surface area contributed by atoms with Crippen molar-refractivity contribution in [1.29, 1.82) is 0 Å². The number of hydrogen-bond donors (Lipinski definition) is 1. The highest BCUT2D eigenvalue weighted by molar-refractivity contribution is 6.31. The summed E-state index contributed by atoms with van der Waals surface area (Å²) in [5.41, 5.74) is 1.72. The number of halogens is 2. The number of hydrogen-bond acceptors (Lipinski definition) is 1. The van der Waals surface area contributed by atoms with Crippen LogP contribution in [-0.4, -0.2) is 11.1 Å². The van der Waals surface area contributed by atoms with Crippen LogP contribution in [0.5, 0.6) is 0 Å². The van der Waals surface area contributed by atoms with E-state index in [4.69, 9.17) is 16.7 Å². The van der Waals surface area contributed by atoms with Crippen LogP contribution in [0, 0.1) is 12.7 Å². The minimum atomic E-state index is -1.04. The lowest BCUT2D eigenvalue weighted by atomic mass is 9.98. The monoisotopic (exact) mass is 264 g/mol. The van der Waals surface area contributed by atoms with E-state index in [1.807, 2.05) is 0 Å². The van der Waals surface area contributed by atoms with Crippen molar-refractivity contribution in [2.24, 2.45) is 0 Å². The van der Waals surface area contributed by atoms with Gasteiger partial charge in [0.15, 0.2) is 0 Å². The molecule has 92 valence electrons. The van der Waals surface area contributed by atoms with Crippen molar-refractivity contribution in [2.75, 3.05) is 0 Å². The third kappa shape index (κ3) is 2.36. The SMILES string of the molecule is Cc1cc(-c2cc(Cl)ccc2C(=O)O)ccc1F. The molecule has 0 bridgehead atoms. The largest absolute Gasteiger partial charge is 0.478 e. The molecule has 0 aliphatic heterocycles. The van der Waals surface area contributed by atoms with E-state index in [0.29, 0.717) is 21.7 Å². The fourth-order valence-corrected chi connectivity index (χ4v) is 1.93. The number of rotatable bonds is 2. The summed E-state index contributed by atoms with van der Waals surface area (Å²) >= 11 is 5.88. The van der Waals surface area contributed by atoms with Crippen LogP contribution in [0.15, 0.2) is 36.4 Å². The summed E-state index contributed by atoms with van der Waals surface area (Å²) in [6.07, 6.45) is 0. The Hall–Kier alpha value is -1.87. The minimum absolute atomic E-state index is 0.144. The second-order valence-electron chi connectivity index (χ2n) is 3.96. The first-order chi connectivity index (χ1) is 8.49. The summed E-state index contributed by atoms with van der Waals surface area (Å²) in [5.74, 6) is -1.36. The average molecular weight is 265 g/mol. The van der Waals surface area contributed by atoms with Crippen molar-refractivity contribution in [2.45, 2.75) is 6.92 Å². The predicted molar refractivity (Wildman–Crippen MR) is 68.5 cm³/mol. The molecule has 0 aliphatic rings. The summed E-state index contributed by atoms with van der Waals surface area (Å²) in [7, 11) is 0. The van der Waals surface area contributed by atoms with Gasteiger partial charge in [-0.3, -0.25) is 0 Å². The van der Waals surface area contributed by atoms with Gasteiger partial charge < -0.3 is 5.11 Å². The molecule has 0 saturated heterocycles. The topological polar surface area (TPSA) is 37.3 Å². The molecule has 0 aliphatic carbocycles. The lowest BCUT2D eigenvalue weighted by Gasteiger charge is -2.08. The Balaban J connectivity index is 2.65. The summed E-state index contributed by atoms with van der Waals surface area (Å²) in [6, 6.07) is 8.99. The lowest BCUT2D eigenvalue weighted by molar-refractivity contribution is 0.0698. The van der Waals surface area contributed by atoms with Crippen molar-refractivity contribution in [3.05, 3.63) is 58.4 Å². The Morgan fingerprint density at radius 1 is 1.22 bits per heavy atom. The number of carboxylic acids is 1. The third-order valence-corrected chi connectivity index (χ3v) is 2.92. The summed E-state index contributed by atoms with van der Waals surface area (Å²) in [6.45, 7) is 1.63. The van der Waals surface area contributed by atoms with E-state index in [9.17, 15) is 9.18 Å². The highest BCUT2D eigenvalue weighted by Gasteiger charge is 2.13. The molecule has 2 aromatic carbocycles. The van der Waals surface area contributed by atoms with Crippen LogP contribution in [0.3, 0.4) is 0 Å². The van der Waals surface area contributed by atoms with Crippen LogP contribution in [-0.2, 0) is 0 Å². The molecule has 0 fully saturated rings. The van der Waals surface area contributed by atoms with E-state index in [1.165, 1.54) is 18.2 Å². The second-order valence-corrected chi connectivity index (χ2v) is 4.40. The fraction of sp³-hybridized carbons (Fsp3) is 0.0714. The molecule has 0 atom stereocenters. The van der Waals surface area contributed by atoms with Crippen molar-refractivity contribution >= 4 is 17.6 Å². The normalized spacial score (nSPS) is 10.4. The quantitative estimate of drug-likeness (QED) is 0.885. The maximum Gasteiger partial charge on any atom is 0.336 e. The van der Waals surface area contributed by atoms with E-state index in [-0.39, 0.29) is 11.4 Å². The molecular formula is C14H10ClFO2. The van der Waals surface area contributed by atoms with Gasteiger partial charge in [0.1, 0.15) is 5.82 Å². The first kappa shape index (κ1) is 12.6. The summed E-state index contributed by atoms with van der Waals surface area (Å²) in [4.78, 5) is 11.1. The van der Waals surface area contributed by atoms with Gasteiger partial charge in [0.2, 0.25) is 0 Å². The van der Waals surface area contributed by atoms with Crippen LogP contribution in [0.4, 0.5) is 4.39 Å². The molecule has 0 amide bonds. The maximum atomic E-state index is 13.2. The van der Waals surface area contributed by atoms with Crippen LogP contribution >= 0.6 is 11.6 Å². The smallest absolute Gasteiger partial charge is 0.336 e. The maximum absolute atomic E-state index is 13.2. The Kier molecular flexibility index (Phi) is 3.34. The predicted octanol–water partition coefficient (Wildman–Crippen LogP) is 4.15. The summed E-state index contributed by atoms with van der Waals surface area (Å²) < 4.78 is 13.2. The molecule has 2 rings (SSSR count). The van der Waals surface area contributed by atoms with E-state index >= 15 is 0 Å². The van der Waals surface area contributed by atoms with Crippen LogP contribution < -0.4 is 0 Å². The molecule has 2 aromatic rings. The molecule has 18 heavy (non-hydrogen) atoms. The minimum Gasteiger partial charge on any atom is -0.478 e. The van der Waals surface area contributed by atoms with E-state index in [0.717, 1.165) is 0 Å². The Morgan fingerprint density at radius 3 is 2.56 bits per heavy atom. The van der Waals surface area contributed by atoms with Gasteiger partial charge in [0.05, 0.1) is 5.56 Å². The first-order valence-electron chi connectivity index (χ1n) is 5.28. The number of carbonyl (C=O) groups is 1. The third-order valence-electron chi connectivity index (χ3n) is 2.68. The Labute approximate surface area is 109 Å². The van der Waals surface area contributed by atoms with E-state index < -0.39 is 5.97 Å². The molecule has 1 N–H and O–H groups in total. The first-order valence-corrected chi connectivity index (χ1v) is 5.66. The van der Waals surface area contributed by atoms with Crippen LogP contribution in [0.2, 0.25) is 5.02 Å². The fourth-order valence-electron chi connectivity index (χ4n) is 1.75. The number of aryl methyl sites for hydroxylation is 1. The molecule has 0 saturated carbocycles. The summed E-state index contributed by atoms with van der Waals surface area (Å²) in [5, 5.41) is 9.57. The molecule has 0 radical (unpaired) electrons. The van der Waals surface area contributed by atoms with Crippen molar-refractivity contribution in [3.63, 3.8) is 0 Å². The highest BCUT2D eigenvalue weighted by Crippen LogP contribution is 2.28. The zero-order valence-electron chi connectivity index (χ0n) is 9.58. The number of carboxylic acid groups (broad SMARTS) is 1. The van der Waals surface area contributed by atoms with Crippen molar-refractivity contribution in [3.8, 4) is 11.1 Å². The number of benzene rings is 2. The molecule has 4 heteroatoms. The average Bonchev–Trinajstić information content (AvgIpc) is 2.32. The Bertz CT molecular complexity index is 623. The lowest BCUT2D eigenvalue weighted by Crippen LogP contribution is -1.99. The molecule has 0 unspecified atom stereocenters. The van der Waals surface area contributed by atoms with Gasteiger partial charge >= 0.3 is 5.97 Å². The molecular weight excluding hydrogens is 255 g/mol. The van der Waals surface area contributed by atoms with E-state index in [2.05, 4.69) is 0 Å². The van der Waals surface area contributed by atoms with Gasteiger partial charge in [-0.25, -0.2) is 9.18 Å². The molecule has 0 aromatic heterocycles. The second kappa shape index (κ2) is 4.78. The molecule has 0 heterocycles. The van der Waals surface area contributed by atoms with Crippen LogP contribution in [0.1, 0.15) is 15.9 Å². The van der Waals surface area contributed by atoms with Gasteiger partial charge in [0.25, 0.3) is 0 Å². The van der Waals surface area contributed by atoms with Crippen molar-refractivity contribution < 1.29 is 14.3 Å². The van der Waals surface area contributed by atoms with Crippen molar-refractivity contribution in [1.82, 2.24) is 0 Å². The Morgan fingerprint density at radius 2 is 1.94 bits per heavy atom. The number of aromatic carboxylic acids is 1. The zero-order valence-corrected chi connectivity index (χ0v) is 10.3. The zero-order chi connectivity index (χ0) is 13.3. The van der Waals surface area contributed by atoms with E-state index in [1.54, 1.807) is 25.1 Å².